The van der Waals surface area contributed by atoms with Crippen LogP contribution in [0.15, 0.2) is 24.3 Å². The van der Waals surface area contributed by atoms with E-state index in [0.717, 1.165) is 5.56 Å². The lowest BCUT2D eigenvalue weighted by molar-refractivity contribution is 0.101. The van der Waals surface area contributed by atoms with E-state index in [1.54, 1.807) is 24.3 Å². The molecule has 1 rings (SSSR count). The molecule has 1 aromatic carbocycles. The molecule has 1 aromatic rings. The Balaban J connectivity index is 2.65. The topological polar surface area (TPSA) is 60.8 Å². The fourth-order valence-electron chi connectivity index (χ4n) is 1.62. The summed E-state index contributed by atoms with van der Waals surface area (Å²) in [5.41, 5.74) is 0.612. The smallest absolute Gasteiger partial charge is 0.407 e. The van der Waals surface area contributed by atoms with Gasteiger partial charge in [0.15, 0.2) is 0 Å². The van der Waals surface area contributed by atoms with Crippen molar-refractivity contribution in [2.75, 3.05) is 6.54 Å². The molecule has 17 heavy (non-hydrogen) atoms. The quantitative estimate of drug-likeness (QED) is 0.849. The minimum atomic E-state index is -0.906. The van der Waals surface area contributed by atoms with Crippen molar-refractivity contribution in [3.8, 4) is 5.75 Å². The molecule has 0 spiro atoms. The average molecular weight is 237 g/mol. The van der Waals surface area contributed by atoms with Gasteiger partial charge in [0.2, 0.25) is 0 Å². The molecule has 0 fully saturated rings. The van der Waals surface area contributed by atoms with Crippen LogP contribution in [0.2, 0.25) is 0 Å². The standard InChI is InChI=1S/C13H19NO3/c1-13(2,3)14(12(16)17)9-8-10-4-6-11(15)7-5-10/h4-7,15H,8-9H2,1-3H3,(H,16,17). The molecular weight excluding hydrogens is 218 g/mol. The minimum Gasteiger partial charge on any atom is -0.508 e. The number of amides is 1. The zero-order chi connectivity index (χ0) is 13.1. The van der Waals surface area contributed by atoms with Crippen LogP contribution in [0, 0.1) is 0 Å². The molecule has 0 aliphatic rings. The summed E-state index contributed by atoms with van der Waals surface area (Å²) in [4.78, 5) is 12.5. The van der Waals surface area contributed by atoms with Crippen LogP contribution in [0.1, 0.15) is 26.3 Å². The van der Waals surface area contributed by atoms with E-state index in [9.17, 15) is 4.79 Å². The normalized spacial score (nSPS) is 11.2. The predicted molar refractivity (Wildman–Crippen MR) is 66.3 cm³/mol. The molecular formula is C13H19NO3. The number of phenolic OH excluding ortho intramolecular Hbond substituents is 1. The number of hydrogen-bond donors (Lipinski definition) is 2. The van der Waals surface area contributed by atoms with Crippen molar-refractivity contribution in [1.82, 2.24) is 4.90 Å². The highest BCUT2D eigenvalue weighted by molar-refractivity contribution is 5.66. The maximum absolute atomic E-state index is 11.1. The van der Waals surface area contributed by atoms with E-state index in [0.29, 0.717) is 13.0 Å². The first-order valence-corrected chi connectivity index (χ1v) is 5.59. The lowest BCUT2D eigenvalue weighted by Crippen LogP contribution is -2.45. The van der Waals surface area contributed by atoms with E-state index >= 15 is 0 Å². The summed E-state index contributed by atoms with van der Waals surface area (Å²) in [6, 6.07) is 6.82. The molecule has 2 N–H and O–H groups in total. The largest absolute Gasteiger partial charge is 0.508 e. The van der Waals surface area contributed by atoms with Crippen molar-refractivity contribution in [3.05, 3.63) is 29.8 Å². The van der Waals surface area contributed by atoms with Crippen molar-refractivity contribution >= 4 is 6.09 Å². The molecule has 1 amide bonds. The number of phenols is 1. The van der Waals surface area contributed by atoms with Gasteiger partial charge in [0.1, 0.15) is 5.75 Å². The van der Waals surface area contributed by atoms with Crippen molar-refractivity contribution in [3.63, 3.8) is 0 Å². The number of carbonyl (C=O) groups is 1. The highest BCUT2D eigenvalue weighted by atomic mass is 16.4. The minimum absolute atomic E-state index is 0.222. The molecule has 94 valence electrons. The molecule has 0 atom stereocenters. The third kappa shape index (κ3) is 3.98. The van der Waals surface area contributed by atoms with Gasteiger partial charge in [0.25, 0.3) is 0 Å². The Bertz CT molecular complexity index is 379. The molecule has 0 radical (unpaired) electrons. The molecule has 0 aliphatic heterocycles. The number of carboxylic acid groups (broad SMARTS) is 1. The van der Waals surface area contributed by atoms with E-state index in [1.807, 2.05) is 20.8 Å². The fourth-order valence-corrected chi connectivity index (χ4v) is 1.62. The fraction of sp³-hybridized carbons (Fsp3) is 0.462. The van der Waals surface area contributed by atoms with Gasteiger partial charge in [-0.25, -0.2) is 4.79 Å². The second-order valence-electron chi connectivity index (χ2n) is 5.02. The SMILES string of the molecule is CC(C)(C)N(CCc1ccc(O)cc1)C(=O)O. The van der Waals surface area contributed by atoms with Crippen molar-refractivity contribution < 1.29 is 15.0 Å². The van der Waals surface area contributed by atoms with Gasteiger partial charge in [-0.3, -0.25) is 0 Å². The summed E-state index contributed by atoms with van der Waals surface area (Å²) in [6.45, 7) is 6.07. The van der Waals surface area contributed by atoms with Gasteiger partial charge in [-0.05, 0) is 44.9 Å². The van der Waals surface area contributed by atoms with Gasteiger partial charge >= 0.3 is 6.09 Å². The van der Waals surface area contributed by atoms with E-state index in [1.165, 1.54) is 4.90 Å². The van der Waals surface area contributed by atoms with Crippen molar-refractivity contribution in [2.45, 2.75) is 32.7 Å². The first-order chi connectivity index (χ1) is 7.80. The highest BCUT2D eigenvalue weighted by Crippen LogP contribution is 2.15. The Morgan fingerprint density at radius 2 is 1.76 bits per heavy atom. The van der Waals surface area contributed by atoms with Gasteiger partial charge in [0, 0.05) is 12.1 Å². The average Bonchev–Trinajstić information content (AvgIpc) is 2.18. The first kappa shape index (κ1) is 13.4. The van der Waals surface area contributed by atoms with Crippen LogP contribution >= 0.6 is 0 Å². The highest BCUT2D eigenvalue weighted by Gasteiger charge is 2.25. The summed E-state index contributed by atoms with van der Waals surface area (Å²) >= 11 is 0. The molecule has 0 unspecified atom stereocenters. The number of hydrogen-bond acceptors (Lipinski definition) is 2. The Kier molecular flexibility index (Phi) is 3.99. The summed E-state index contributed by atoms with van der Waals surface area (Å²) in [5.74, 6) is 0.222. The van der Waals surface area contributed by atoms with Crippen LogP contribution in [0.3, 0.4) is 0 Å². The molecule has 4 nitrogen and oxygen atoms in total. The first-order valence-electron chi connectivity index (χ1n) is 5.59. The van der Waals surface area contributed by atoms with E-state index < -0.39 is 11.6 Å². The lowest BCUT2D eigenvalue weighted by Gasteiger charge is -2.33. The van der Waals surface area contributed by atoms with Gasteiger partial charge in [-0.2, -0.15) is 0 Å². The van der Waals surface area contributed by atoms with Crippen LogP contribution < -0.4 is 0 Å². The van der Waals surface area contributed by atoms with Gasteiger partial charge in [0.05, 0.1) is 0 Å². The second kappa shape index (κ2) is 5.08. The summed E-state index contributed by atoms with van der Waals surface area (Å²) in [5, 5.41) is 18.3. The van der Waals surface area contributed by atoms with Gasteiger partial charge in [-0.1, -0.05) is 12.1 Å². The van der Waals surface area contributed by atoms with Crippen LogP contribution in [-0.4, -0.2) is 33.3 Å². The maximum atomic E-state index is 11.1. The Morgan fingerprint density at radius 1 is 1.24 bits per heavy atom. The van der Waals surface area contributed by atoms with E-state index in [-0.39, 0.29) is 5.75 Å². The zero-order valence-corrected chi connectivity index (χ0v) is 10.5. The number of aromatic hydroxyl groups is 1. The number of benzene rings is 1. The Hall–Kier alpha value is -1.71. The Labute approximate surface area is 101 Å². The summed E-state index contributed by atoms with van der Waals surface area (Å²) < 4.78 is 0. The summed E-state index contributed by atoms with van der Waals surface area (Å²) in [7, 11) is 0. The molecule has 0 aromatic heterocycles. The number of nitrogens with zero attached hydrogens (tertiary/aromatic N) is 1. The van der Waals surface area contributed by atoms with Crippen LogP contribution in [0.4, 0.5) is 4.79 Å². The van der Waals surface area contributed by atoms with E-state index in [4.69, 9.17) is 10.2 Å². The third-order valence-electron chi connectivity index (χ3n) is 2.60. The summed E-state index contributed by atoms with van der Waals surface area (Å²) in [6.07, 6.45) is -0.264. The Morgan fingerprint density at radius 3 is 2.18 bits per heavy atom. The van der Waals surface area contributed by atoms with Gasteiger partial charge in [-0.15, -0.1) is 0 Å². The van der Waals surface area contributed by atoms with Crippen LogP contribution in [-0.2, 0) is 6.42 Å². The zero-order valence-electron chi connectivity index (χ0n) is 10.5. The molecule has 4 heteroatoms. The second-order valence-corrected chi connectivity index (χ2v) is 5.02. The third-order valence-corrected chi connectivity index (χ3v) is 2.60. The number of rotatable bonds is 3. The van der Waals surface area contributed by atoms with Crippen molar-refractivity contribution in [2.24, 2.45) is 0 Å². The van der Waals surface area contributed by atoms with Crippen LogP contribution in [0.5, 0.6) is 5.75 Å². The monoisotopic (exact) mass is 237 g/mol. The molecule has 0 bridgehead atoms. The molecule has 0 heterocycles. The van der Waals surface area contributed by atoms with Crippen LogP contribution in [0.25, 0.3) is 0 Å². The molecule has 0 aliphatic carbocycles. The van der Waals surface area contributed by atoms with Gasteiger partial charge < -0.3 is 15.1 Å². The lowest BCUT2D eigenvalue weighted by atomic mass is 10.1. The maximum Gasteiger partial charge on any atom is 0.407 e. The molecule has 0 saturated heterocycles. The van der Waals surface area contributed by atoms with Crippen molar-refractivity contribution in [1.29, 1.82) is 0 Å². The predicted octanol–water partition coefficient (Wildman–Crippen LogP) is 2.71. The van der Waals surface area contributed by atoms with E-state index in [2.05, 4.69) is 0 Å². The molecule has 0 saturated carbocycles.